The van der Waals surface area contributed by atoms with Crippen molar-refractivity contribution in [2.45, 2.75) is 0 Å². The van der Waals surface area contributed by atoms with Crippen molar-refractivity contribution in [2.75, 3.05) is 7.11 Å². The fraction of sp³-hybridized carbons (Fsp3) is 0.125. The average Bonchev–Trinajstić information content (AvgIpc) is 2.65. The average molecular weight is 227 g/mol. The number of benzene rings is 1. The molecular formula is C8H9N3O3S. The van der Waals surface area contributed by atoms with Gasteiger partial charge in [-0.1, -0.05) is 10.6 Å². The summed E-state index contributed by atoms with van der Waals surface area (Å²) < 4.78 is 4.30. The predicted molar refractivity (Wildman–Crippen MR) is 55.6 cm³/mol. The number of nitrogens with two attached hydrogens (primary N) is 1. The number of aromatic nitrogens is 2. The molecule has 0 aliphatic heterocycles. The fourth-order valence-corrected chi connectivity index (χ4v) is 1.64. The van der Waals surface area contributed by atoms with Gasteiger partial charge in [0.2, 0.25) is 0 Å². The van der Waals surface area contributed by atoms with Gasteiger partial charge in [0, 0.05) is 0 Å². The predicted octanol–water partition coefficient (Wildman–Crippen LogP) is 0.896. The third-order valence-electron chi connectivity index (χ3n) is 1.51. The summed E-state index contributed by atoms with van der Waals surface area (Å²) in [6.07, 6.45) is 0. The second kappa shape index (κ2) is 5.35. The molecule has 0 saturated heterocycles. The first-order chi connectivity index (χ1) is 7.20. The second-order valence-electron chi connectivity index (χ2n) is 2.47. The zero-order chi connectivity index (χ0) is 11.3. The van der Waals surface area contributed by atoms with Crippen LogP contribution in [0.5, 0.6) is 0 Å². The van der Waals surface area contributed by atoms with Gasteiger partial charge in [-0.3, -0.25) is 0 Å². The molecule has 2 aromatic rings. The molecule has 1 heterocycles. The van der Waals surface area contributed by atoms with Gasteiger partial charge in [-0.15, -0.1) is 5.10 Å². The van der Waals surface area contributed by atoms with Gasteiger partial charge in [0.15, 0.2) is 0 Å². The van der Waals surface area contributed by atoms with E-state index in [0.29, 0.717) is 10.2 Å². The highest BCUT2D eigenvalue weighted by molar-refractivity contribution is 7.13. The molecule has 1 aromatic carbocycles. The van der Waals surface area contributed by atoms with Crippen molar-refractivity contribution in [1.82, 2.24) is 9.59 Å². The van der Waals surface area contributed by atoms with Crippen LogP contribution in [0.3, 0.4) is 0 Å². The molecule has 0 unspecified atom stereocenters. The van der Waals surface area contributed by atoms with Gasteiger partial charge in [0.25, 0.3) is 0 Å². The zero-order valence-electron chi connectivity index (χ0n) is 7.88. The Kier molecular flexibility index (Phi) is 4.10. The molecule has 0 saturated carbocycles. The standard InChI is InChI=1S/C7H4N2O2S.CH5NO/c10-7(11)4-2-1-3-5-6(4)12-9-8-5;1-3-2/h1-3H,(H,10,11);2H2,1H3. The summed E-state index contributed by atoms with van der Waals surface area (Å²) in [5, 5.41) is 12.5. The summed E-state index contributed by atoms with van der Waals surface area (Å²) in [5.41, 5.74) is 0.905. The molecule has 1 aromatic heterocycles. The maximum absolute atomic E-state index is 10.7. The topological polar surface area (TPSA) is 98.3 Å². The molecule has 0 atom stereocenters. The van der Waals surface area contributed by atoms with E-state index in [4.69, 9.17) is 5.11 Å². The third-order valence-corrected chi connectivity index (χ3v) is 2.28. The molecule has 2 rings (SSSR count). The van der Waals surface area contributed by atoms with Crippen molar-refractivity contribution >= 4 is 27.7 Å². The molecule has 0 aliphatic carbocycles. The van der Waals surface area contributed by atoms with Gasteiger partial charge >= 0.3 is 5.97 Å². The van der Waals surface area contributed by atoms with Crippen LogP contribution in [0.2, 0.25) is 0 Å². The normalized spacial score (nSPS) is 9.47. The highest BCUT2D eigenvalue weighted by atomic mass is 32.1. The molecule has 0 bridgehead atoms. The van der Waals surface area contributed by atoms with Crippen LogP contribution < -0.4 is 5.90 Å². The van der Waals surface area contributed by atoms with Crippen LogP contribution in [-0.4, -0.2) is 27.8 Å². The van der Waals surface area contributed by atoms with Gasteiger partial charge in [0.1, 0.15) is 5.52 Å². The smallest absolute Gasteiger partial charge is 0.337 e. The molecule has 0 spiro atoms. The van der Waals surface area contributed by atoms with Crippen LogP contribution in [0, 0.1) is 0 Å². The van der Waals surface area contributed by atoms with Gasteiger partial charge < -0.3 is 9.94 Å². The largest absolute Gasteiger partial charge is 0.478 e. The van der Waals surface area contributed by atoms with Gasteiger partial charge in [-0.05, 0) is 23.7 Å². The number of aromatic carboxylic acids is 1. The number of carboxylic acid groups (broad SMARTS) is 1. The lowest BCUT2D eigenvalue weighted by molar-refractivity contribution is 0.0699. The quantitative estimate of drug-likeness (QED) is 0.702. The van der Waals surface area contributed by atoms with E-state index in [-0.39, 0.29) is 5.56 Å². The number of nitrogens with zero attached hydrogens (tertiary/aromatic N) is 2. The van der Waals surface area contributed by atoms with Crippen LogP contribution in [0.15, 0.2) is 18.2 Å². The molecule has 15 heavy (non-hydrogen) atoms. The lowest BCUT2D eigenvalue weighted by atomic mass is 10.2. The van der Waals surface area contributed by atoms with E-state index in [1.54, 1.807) is 18.2 Å². The Balaban J connectivity index is 0.000000337. The minimum absolute atomic E-state index is 0.266. The van der Waals surface area contributed by atoms with Crippen LogP contribution in [0.1, 0.15) is 10.4 Å². The Morgan fingerprint density at radius 2 is 2.27 bits per heavy atom. The maximum atomic E-state index is 10.7. The summed E-state index contributed by atoms with van der Waals surface area (Å²) in [6, 6.07) is 4.95. The van der Waals surface area contributed by atoms with Crippen molar-refractivity contribution in [3.8, 4) is 0 Å². The van der Waals surface area contributed by atoms with Crippen LogP contribution in [0.25, 0.3) is 10.2 Å². The molecule has 3 N–H and O–H groups in total. The van der Waals surface area contributed by atoms with E-state index >= 15 is 0 Å². The summed E-state index contributed by atoms with van der Waals surface area (Å²) in [7, 11) is 1.40. The molecule has 7 heteroatoms. The van der Waals surface area contributed by atoms with Crippen LogP contribution >= 0.6 is 11.5 Å². The lowest BCUT2D eigenvalue weighted by Gasteiger charge is -1.92. The molecule has 0 amide bonds. The lowest BCUT2D eigenvalue weighted by Crippen LogP contribution is -1.95. The van der Waals surface area contributed by atoms with E-state index in [9.17, 15) is 4.79 Å². The Hall–Kier alpha value is -1.57. The molecule has 0 radical (unpaired) electrons. The first kappa shape index (κ1) is 11.5. The highest BCUT2D eigenvalue weighted by Gasteiger charge is 2.09. The molecule has 80 valence electrons. The number of hydrogen-bond acceptors (Lipinski definition) is 6. The van der Waals surface area contributed by atoms with Crippen LogP contribution in [0.4, 0.5) is 0 Å². The van der Waals surface area contributed by atoms with Gasteiger partial charge in [0.05, 0.1) is 17.4 Å². The third kappa shape index (κ3) is 2.69. The number of carbonyl (C=O) groups is 1. The van der Waals surface area contributed by atoms with Crippen molar-refractivity contribution in [3.63, 3.8) is 0 Å². The summed E-state index contributed by atoms with van der Waals surface area (Å²) in [5.74, 6) is 3.41. The van der Waals surface area contributed by atoms with Crippen molar-refractivity contribution < 1.29 is 14.7 Å². The van der Waals surface area contributed by atoms with Gasteiger partial charge in [-0.2, -0.15) is 0 Å². The van der Waals surface area contributed by atoms with E-state index in [2.05, 4.69) is 20.3 Å². The summed E-state index contributed by atoms with van der Waals surface area (Å²) in [4.78, 5) is 14.4. The highest BCUT2D eigenvalue weighted by Crippen LogP contribution is 2.19. The number of carboxylic acids is 1. The Morgan fingerprint density at radius 3 is 2.87 bits per heavy atom. The van der Waals surface area contributed by atoms with E-state index in [1.807, 2.05) is 0 Å². The molecule has 6 nitrogen and oxygen atoms in total. The maximum Gasteiger partial charge on any atom is 0.337 e. The number of fused-ring (bicyclic) bond motifs is 1. The zero-order valence-corrected chi connectivity index (χ0v) is 8.69. The second-order valence-corrected chi connectivity index (χ2v) is 3.22. The Bertz CT molecular complexity index is 457. The number of hydrogen-bond donors (Lipinski definition) is 2. The molecule has 0 aliphatic rings. The monoisotopic (exact) mass is 227 g/mol. The van der Waals surface area contributed by atoms with E-state index < -0.39 is 5.97 Å². The van der Waals surface area contributed by atoms with Crippen molar-refractivity contribution in [2.24, 2.45) is 5.90 Å². The van der Waals surface area contributed by atoms with Crippen molar-refractivity contribution in [3.05, 3.63) is 23.8 Å². The summed E-state index contributed by atoms with van der Waals surface area (Å²) >= 11 is 1.10. The fourth-order valence-electron chi connectivity index (χ4n) is 0.973. The SMILES string of the molecule is CON.O=C(O)c1cccc2nnsc12. The van der Waals surface area contributed by atoms with E-state index in [1.165, 1.54) is 7.11 Å². The summed E-state index contributed by atoms with van der Waals surface area (Å²) in [6.45, 7) is 0. The molecule has 0 fully saturated rings. The first-order valence-corrected chi connectivity index (χ1v) is 4.65. The minimum atomic E-state index is -0.938. The first-order valence-electron chi connectivity index (χ1n) is 3.88. The van der Waals surface area contributed by atoms with Gasteiger partial charge in [-0.25, -0.2) is 10.7 Å². The Labute approximate surface area is 89.4 Å². The number of rotatable bonds is 1. The minimum Gasteiger partial charge on any atom is -0.478 e. The van der Waals surface area contributed by atoms with Crippen LogP contribution in [-0.2, 0) is 4.84 Å². The van der Waals surface area contributed by atoms with Crippen molar-refractivity contribution in [1.29, 1.82) is 0 Å². The van der Waals surface area contributed by atoms with E-state index in [0.717, 1.165) is 11.5 Å². The molecular weight excluding hydrogens is 218 g/mol. The Morgan fingerprint density at radius 1 is 1.60 bits per heavy atom.